The minimum atomic E-state index is -0.0296. The molecular formula is C8H10BrCl2N. The van der Waals surface area contributed by atoms with Crippen LogP contribution in [0.5, 0.6) is 0 Å². The molecule has 1 atom stereocenters. The summed E-state index contributed by atoms with van der Waals surface area (Å²) in [6.45, 7) is 1.91. The van der Waals surface area contributed by atoms with Crippen LogP contribution in [0.3, 0.4) is 0 Å². The standard InChI is InChI=1S/C8H9BrClN.ClH/c1-5(11)8-6(9)3-2-4-7(8)10;/h2-5H,11H2,1H3;1H. The molecule has 0 aliphatic rings. The van der Waals surface area contributed by atoms with E-state index in [0.717, 1.165) is 15.1 Å². The quantitative estimate of drug-likeness (QED) is 0.830. The van der Waals surface area contributed by atoms with Crippen LogP contribution in [0.2, 0.25) is 5.02 Å². The number of halogens is 3. The fourth-order valence-electron chi connectivity index (χ4n) is 0.946. The van der Waals surface area contributed by atoms with Gasteiger partial charge in [-0.25, -0.2) is 0 Å². The van der Waals surface area contributed by atoms with Crippen molar-refractivity contribution in [3.05, 3.63) is 33.3 Å². The Morgan fingerprint density at radius 1 is 1.50 bits per heavy atom. The van der Waals surface area contributed by atoms with Crippen molar-refractivity contribution < 1.29 is 0 Å². The number of benzene rings is 1. The predicted octanol–water partition coefficient (Wildman–Crippen LogP) is 3.54. The zero-order valence-electron chi connectivity index (χ0n) is 6.55. The van der Waals surface area contributed by atoms with E-state index in [9.17, 15) is 0 Å². The summed E-state index contributed by atoms with van der Waals surface area (Å²) < 4.78 is 0.972. The van der Waals surface area contributed by atoms with Crippen LogP contribution in [0.15, 0.2) is 22.7 Å². The maximum absolute atomic E-state index is 5.91. The molecule has 68 valence electrons. The summed E-state index contributed by atoms with van der Waals surface area (Å²) in [4.78, 5) is 0. The van der Waals surface area contributed by atoms with E-state index >= 15 is 0 Å². The van der Waals surface area contributed by atoms with E-state index < -0.39 is 0 Å². The molecule has 0 spiro atoms. The van der Waals surface area contributed by atoms with Crippen LogP contribution in [0.25, 0.3) is 0 Å². The smallest absolute Gasteiger partial charge is 0.0464 e. The zero-order chi connectivity index (χ0) is 8.43. The van der Waals surface area contributed by atoms with Crippen molar-refractivity contribution in [1.29, 1.82) is 0 Å². The van der Waals surface area contributed by atoms with Crippen molar-refractivity contribution in [2.24, 2.45) is 5.73 Å². The molecule has 0 aliphatic heterocycles. The Balaban J connectivity index is 0.00000121. The van der Waals surface area contributed by atoms with E-state index in [0.29, 0.717) is 0 Å². The van der Waals surface area contributed by atoms with Gasteiger partial charge in [-0.1, -0.05) is 33.6 Å². The largest absolute Gasteiger partial charge is 0.324 e. The number of nitrogens with two attached hydrogens (primary N) is 1. The van der Waals surface area contributed by atoms with E-state index in [1.807, 2.05) is 25.1 Å². The number of hydrogen-bond donors (Lipinski definition) is 1. The number of hydrogen-bond acceptors (Lipinski definition) is 1. The van der Waals surface area contributed by atoms with Gasteiger partial charge in [-0.15, -0.1) is 12.4 Å². The Hall–Kier alpha value is 0.240. The van der Waals surface area contributed by atoms with Gasteiger partial charge < -0.3 is 5.73 Å². The maximum Gasteiger partial charge on any atom is 0.0464 e. The molecule has 1 nitrogen and oxygen atoms in total. The van der Waals surface area contributed by atoms with Crippen LogP contribution in [-0.2, 0) is 0 Å². The fourth-order valence-corrected chi connectivity index (χ4v) is 2.13. The first-order chi connectivity index (χ1) is 5.13. The lowest BCUT2D eigenvalue weighted by Gasteiger charge is -2.09. The van der Waals surface area contributed by atoms with Crippen molar-refractivity contribution in [3.8, 4) is 0 Å². The van der Waals surface area contributed by atoms with Gasteiger partial charge in [0.1, 0.15) is 0 Å². The topological polar surface area (TPSA) is 26.0 Å². The third kappa shape index (κ3) is 2.63. The summed E-state index contributed by atoms with van der Waals surface area (Å²) in [5.41, 5.74) is 6.67. The van der Waals surface area contributed by atoms with Crippen molar-refractivity contribution >= 4 is 39.9 Å². The van der Waals surface area contributed by atoms with Gasteiger partial charge in [0.15, 0.2) is 0 Å². The molecule has 0 amide bonds. The average Bonchev–Trinajstić information content (AvgIpc) is 1.85. The van der Waals surface area contributed by atoms with Gasteiger partial charge in [-0.05, 0) is 19.1 Å². The zero-order valence-corrected chi connectivity index (χ0v) is 9.71. The summed E-state index contributed by atoms with van der Waals surface area (Å²) >= 11 is 9.30. The SMILES string of the molecule is CC(N)c1c(Cl)cccc1Br.Cl. The normalized spacial score (nSPS) is 12.0. The summed E-state index contributed by atoms with van der Waals surface area (Å²) in [5, 5.41) is 0.717. The molecular weight excluding hydrogens is 261 g/mol. The first-order valence-corrected chi connectivity index (χ1v) is 4.49. The molecule has 0 aromatic heterocycles. The average molecular weight is 271 g/mol. The van der Waals surface area contributed by atoms with Crippen molar-refractivity contribution in [3.63, 3.8) is 0 Å². The molecule has 0 aliphatic carbocycles. The minimum Gasteiger partial charge on any atom is -0.324 e. The van der Waals surface area contributed by atoms with Crippen molar-refractivity contribution in [2.75, 3.05) is 0 Å². The van der Waals surface area contributed by atoms with E-state index in [4.69, 9.17) is 17.3 Å². The van der Waals surface area contributed by atoms with Crippen LogP contribution in [0, 0.1) is 0 Å². The molecule has 1 aromatic rings. The van der Waals surface area contributed by atoms with Gasteiger partial charge in [0.05, 0.1) is 0 Å². The Kier molecular flexibility index (Phi) is 5.18. The van der Waals surface area contributed by atoms with E-state index in [-0.39, 0.29) is 18.4 Å². The van der Waals surface area contributed by atoms with Gasteiger partial charge in [0.25, 0.3) is 0 Å². The molecule has 0 radical (unpaired) electrons. The van der Waals surface area contributed by atoms with E-state index in [1.54, 1.807) is 0 Å². The molecule has 12 heavy (non-hydrogen) atoms. The second-order valence-electron chi connectivity index (χ2n) is 2.42. The molecule has 0 saturated carbocycles. The van der Waals surface area contributed by atoms with Crippen LogP contribution in [0.4, 0.5) is 0 Å². The third-order valence-electron chi connectivity index (χ3n) is 1.46. The molecule has 4 heteroatoms. The molecule has 0 saturated heterocycles. The summed E-state index contributed by atoms with van der Waals surface area (Å²) in [5.74, 6) is 0. The van der Waals surface area contributed by atoms with Crippen LogP contribution < -0.4 is 5.73 Å². The molecule has 0 bridgehead atoms. The maximum atomic E-state index is 5.91. The second-order valence-corrected chi connectivity index (χ2v) is 3.69. The molecule has 2 N–H and O–H groups in total. The minimum absolute atomic E-state index is 0. The molecule has 1 unspecified atom stereocenters. The highest BCUT2D eigenvalue weighted by molar-refractivity contribution is 9.10. The molecule has 1 rings (SSSR count). The third-order valence-corrected chi connectivity index (χ3v) is 2.48. The van der Waals surface area contributed by atoms with E-state index in [2.05, 4.69) is 15.9 Å². The van der Waals surface area contributed by atoms with Gasteiger partial charge in [0.2, 0.25) is 0 Å². The summed E-state index contributed by atoms with van der Waals surface area (Å²) in [6.07, 6.45) is 0. The summed E-state index contributed by atoms with van der Waals surface area (Å²) in [6, 6.07) is 5.63. The lowest BCUT2D eigenvalue weighted by Crippen LogP contribution is -2.06. The van der Waals surface area contributed by atoms with Gasteiger partial charge in [-0.3, -0.25) is 0 Å². The highest BCUT2D eigenvalue weighted by atomic mass is 79.9. The van der Waals surface area contributed by atoms with Crippen LogP contribution >= 0.6 is 39.9 Å². The Bertz CT molecular complexity index is 243. The van der Waals surface area contributed by atoms with Gasteiger partial charge >= 0.3 is 0 Å². The summed E-state index contributed by atoms with van der Waals surface area (Å²) in [7, 11) is 0. The number of rotatable bonds is 1. The predicted molar refractivity (Wildman–Crippen MR) is 59.0 cm³/mol. The lowest BCUT2D eigenvalue weighted by atomic mass is 10.1. The van der Waals surface area contributed by atoms with E-state index in [1.165, 1.54) is 0 Å². The van der Waals surface area contributed by atoms with Crippen molar-refractivity contribution in [2.45, 2.75) is 13.0 Å². The van der Waals surface area contributed by atoms with Crippen molar-refractivity contribution in [1.82, 2.24) is 0 Å². The van der Waals surface area contributed by atoms with Crippen LogP contribution in [0.1, 0.15) is 18.5 Å². The Morgan fingerprint density at radius 3 is 2.42 bits per heavy atom. The Morgan fingerprint density at radius 2 is 2.08 bits per heavy atom. The first kappa shape index (κ1) is 12.2. The lowest BCUT2D eigenvalue weighted by molar-refractivity contribution is 0.813. The highest BCUT2D eigenvalue weighted by Crippen LogP contribution is 2.28. The Labute approximate surface area is 91.8 Å². The molecule has 0 heterocycles. The molecule has 1 aromatic carbocycles. The van der Waals surface area contributed by atoms with Gasteiger partial charge in [0, 0.05) is 21.1 Å². The van der Waals surface area contributed by atoms with Gasteiger partial charge in [-0.2, -0.15) is 0 Å². The van der Waals surface area contributed by atoms with Crippen LogP contribution in [-0.4, -0.2) is 0 Å². The fraction of sp³-hybridized carbons (Fsp3) is 0.250. The highest BCUT2D eigenvalue weighted by Gasteiger charge is 2.07. The molecule has 0 fully saturated rings. The second kappa shape index (κ2) is 5.07. The monoisotopic (exact) mass is 269 g/mol. The first-order valence-electron chi connectivity index (χ1n) is 3.32.